The van der Waals surface area contributed by atoms with Crippen LogP contribution >= 0.6 is 0 Å². The molecule has 0 aromatic heterocycles. The molecule has 0 unspecified atom stereocenters. The topological polar surface area (TPSA) is 64.4 Å². The first-order chi connectivity index (χ1) is 9.22. The molecule has 1 aliphatic carbocycles. The van der Waals surface area contributed by atoms with E-state index in [9.17, 15) is 10.1 Å². The lowest BCUT2D eigenvalue weighted by atomic mass is 10.1. The number of nitro benzene ring substituents is 1. The zero-order chi connectivity index (χ0) is 13.7. The van der Waals surface area contributed by atoms with Gasteiger partial charge in [-0.05, 0) is 19.3 Å². The molecule has 104 valence electrons. The highest BCUT2D eigenvalue weighted by molar-refractivity contribution is 5.66. The van der Waals surface area contributed by atoms with Crippen molar-refractivity contribution in [3.63, 3.8) is 0 Å². The molecule has 0 bridgehead atoms. The molecule has 0 radical (unpaired) electrons. The molecule has 0 atom stereocenters. The van der Waals surface area contributed by atoms with Crippen molar-refractivity contribution in [2.24, 2.45) is 5.92 Å². The lowest BCUT2D eigenvalue weighted by molar-refractivity contribution is -0.384. The molecule has 2 rings (SSSR count). The van der Waals surface area contributed by atoms with Crippen molar-refractivity contribution >= 4 is 11.4 Å². The summed E-state index contributed by atoms with van der Waals surface area (Å²) in [6.07, 6.45) is 3.75. The quantitative estimate of drug-likeness (QED) is 0.444. The first-order valence-electron chi connectivity index (χ1n) is 6.80. The average Bonchev–Trinajstić information content (AvgIpc) is 3.20. The van der Waals surface area contributed by atoms with Gasteiger partial charge in [-0.25, -0.2) is 0 Å². The highest BCUT2D eigenvalue weighted by Gasteiger charge is 2.21. The van der Waals surface area contributed by atoms with Gasteiger partial charge in [0.25, 0.3) is 5.69 Å². The van der Waals surface area contributed by atoms with E-state index in [1.807, 2.05) is 13.0 Å². The Morgan fingerprint density at radius 2 is 2.26 bits per heavy atom. The molecule has 5 nitrogen and oxygen atoms in total. The van der Waals surface area contributed by atoms with Crippen molar-refractivity contribution in [2.45, 2.75) is 32.8 Å². The van der Waals surface area contributed by atoms with Crippen molar-refractivity contribution in [1.29, 1.82) is 0 Å². The van der Waals surface area contributed by atoms with Gasteiger partial charge < -0.3 is 10.1 Å². The largest absolute Gasteiger partial charge is 0.379 e. The number of para-hydroxylation sites is 1. The Hall–Kier alpha value is -1.62. The molecule has 0 heterocycles. The van der Waals surface area contributed by atoms with Crippen LogP contribution < -0.4 is 5.32 Å². The van der Waals surface area contributed by atoms with Crippen molar-refractivity contribution in [2.75, 3.05) is 18.5 Å². The Balaban J connectivity index is 1.99. The van der Waals surface area contributed by atoms with Crippen LogP contribution in [0.2, 0.25) is 0 Å². The van der Waals surface area contributed by atoms with Gasteiger partial charge in [-0.3, -0.25) is 10.1 Å². The van der Waals surface area contributed by atoms with Crippen LogP contribution in [0.25, 0.3) is 0 Å². The lowest BCUT2D eigenvalue weighted by Gasteiger charge is -2.11. The monoisotopic (exact) mass is 264 g/mol. The zero-order valence-electron chi connectivity index (χ0n) is 11.2. The molecular weight excluding hydrogens is 244 g/mol. The van der Waals surface area contributed by atoms with Crippen LogP contribution in [0.4, 0.5) is 11.4 Å². The van der Waals surface area contributed by atoms with Gasteiger partial charge in [0, 0.05) is 24.8 Å². The van der Waals surface area contributed by atoms with Gasteiger partial charge in [-0.2, -0.15) is 0 Å². The molecule has 1 fully saturated rings. The summed E-state index contributed by atoms with van der Waals surface area (Å²) >= 11 is 0. The first kappa shape index (κ1) is 13.8. The van der Waals surface area contributed by atoms with E-state index in [-0.39, 0.29) is 10.6 Å². The van der Waals surface area contributed by atoms with Crippen molar-refractivity contribution in [3.05, 3.63) is 33.9 Å². The van der Waals surface area contributed by atoms with Crippen LogP contribution in [-0.2, 0) is 11.3 Å². The van der Waals surface area contributed by atoms with Gasteiger partial charge in [0.1, 0.15) is 5.69 Å². The molecule has 0 aliphatic heterocycles. The second kappa shape index (κ2) is 6.52. The maximum Gasteiger partial charge on any atom is 0.292 e. The summed E-state index contributed by atoms with van der Waals surface area (Å²) in [5.41, 5.74) is 1.55. The van der Waals surface area contributed by atoms with Crippen molar-refractivity contribution in [1.82, 2.24) is 0 Å². The second-order valence-corrected chi connectivity index (χ2v) is 4.88. The molecule has 0 spiro atoms. The number of nitro groups is 1. The third-order valence-electron chi connectivity index (χ3n) is 3.30. The number of hydrogen-bond acceptors (Lipinski definition) is 4. The minimum Gasteiger partial charge on any atom is -0.379 e. The van der Waals surface area contributed by atoms with Gasteiger partial charge in [0.05, 0.1) is 11.5 Å². The summed E-state index contributed by atoms with van der Waals surface area (Å²) < 4.78 is 5.63. The molecule has 1 aliphatic rings. The maximum atomic E-state index is 11.0. The predicted octanol–water partition coefficient (Wildman–Crippen LogP) is 3.34. The fourth-order valence-electron chi connectivity index (χ4n) is 2.08. The lowest BCUT2D eigenvalue weighted by Crippen LogP contribution is -2.06. The Morgan fingerprint density at radius 1 is 1.47 bits per heavy atom. The number of ether oxygens (including phenoxy) is 1. The second-order valence-electron chi connectivity index (χ2n) is 4.88. The smallest absolute Gasteiger partial charge is 0.292 e. The Morgan fingerprint density at radius 3 is 2.89 bits per heavy atom. The van der Waals surface area contributed by atoms with Crippen molar-refractivity contribution < 1.29 is 9.66 Å². The van der Waals surface area contributed by atoms with Crippen LogP contribution in [-0.4, -0.2) is 18.1 Å². The van der Waals surface area contributed by atoms with Gasteiger partial charge >= 0.3 is 0 Å². The maximum absolute atomic E-state index is 11.0. The van der Waals surface area contributed by atoms with Crippen LogP contribution in [0.1, 0.15) is 31.7 Å². The van der Waals surface area contributed by atoms with E-state index in [4.69, 9.17) is 4.74 Å². The summed E-state index contributed by atoms with van der Waals surface area (Å²) in [5.74, 6) is 0.846. The van der Waals surface area contributed by atoms with E-state index in [1.165, 1.54) is 18.9 Å². The average molecular weight is 264 g/mol. The van der Waals surface area contributed by atoms with Crippen LogP contribution in [0, 0.1) is 16.0 Å². The molecule has 1 N–H and O–H groups in total. The molecule has 1 aromatic carbocycles. The fourth-order valence-corrected chi connectivity index (χ4v) is 2.08. The van der Waals surface area contributed by atoms with E-state index in [1.54, 1.807) is 6.07 Å². The Kier molecular flexibility index (Phi) is 4.74. The predicted molar refractivity (Wildman–Crippen MR) is 74.3 cm³/mol. The van der Waals surface area contributed by atoms with Gasteiger partial charge in [0.15, 0.2) is 0 Å². The van der Waals surface area contributed by atoms with E-state index in [0.717, 1.165) is 24.5 Å². The Bertz CT molecular complexity index is 444. The van der Waals surface area contributed by atoms with E-state index in [2.05, 4.69) is 5.32 Å². The van der Waals surface area contributed by atoms with Crippen LogP contribution in [0.15, 0.2) is 18.2 Å². The summed E-state index contributed by atoms with van der Waals surface area (Å²) in [5, 5.41) is 14.1. The number of nitrogens with one attached hydrogen (secondary N) is 1. The highest BCUT2D eigenvalue weighted by Crippen LogP contribution is 2.32. The fraction of sp³-hybridized carbons (Fsp3) is 0.571. The van der Waals surface area contributed by atoms with Gasteiger partial charge in [-0.1, -0.05) is 25.0 Å². The molecule has 19 heavy (non-hydrogen) atoms. The van der Waals surface area contributed by atoms with Crippen LogP contribution in [0.3, 0.4) is 0 Å². The summed E-state index contributed by atoms with van der Waals surface area (Å²) in [6.45, 7) is 3.74. The number of benzene rings is 1. The number of anilines is 1. The third kappa shape index (κ3) is 3.92. The minimum absolute atomic E-state index is 0.116. The highest BCUT2D eigenvalue weighted by atomic mass is 16.6. The summed E-state index contributed by atoms with van der Waals surface area (Å²) in [4.78, 5) is 10.6. The number of hydrogen-bond donors (Lipinski definition) is 1. The normalized spacial score (nSPS) is 14.4. The molecule has 0 amide bonds. The number of nitrogens with zero attached hydrogens (tertiary/aromatic N) is 1. The SMILES string of the molecule is CCNc1c(COCCC2CC2)cccc1[N+](=O)[O-]. The minimum atomic E-state index is -0.355. The zero-order valence-corrected chi connectivity index (χ0v) is 11.2. The van der Waals surface area contributed by atoms with Crippen LogP contribution in [0.5, 0.6) is 0 Å². The first-order valence-corrected chi connectivity index (χ1v) is 6.80. The molecular formula is C14H20N2O3. The summed E-state index contributed by atoms with van der Waals surface area (Å²) in [6, 6.07) is 5.10. The number of rotatable bonds is 8. The van der Waals surface area contributed by atoms with Gasteiger partial charge in [-0.15, -0.1) is 0 Å². The Labute approximate surface area is 113 Å². The van der Waals surface area contributed by atoms with Gasteiger partial charge in [0.2, 0.25) is 0 Å². The molecule has 5 heteroatoms. The van der Waals surface area contributed by atoms with E-state index in [0.29, 0.717) is 18.8 Å². The summed E-state index contributed by atoms with van der Waals surface area (Å²) in [7, 11) is 0. The molecule has 1 saturated carbocycles. The van der Waals surface area contributed by atoms with Crippen molar-refractivity contribution in [3.8, 4) is 0 Å². The molecule has 0 saturated heterocycles. The third-order valence-corrected chi connectivity index (χ3v) is 3.30. The standard InChI is InChI=1S/C14H20N2O3/c1-2-15-14-12(4-3-5-13(14)16(17)18)10-19-9-8-11-6-7-11/h3-5,11,15H,2,6-10H2,1H3. The van der Waals surface area contributed by atoms with E-state index >= 15 is 0 Å². The van der Waals surface area contributed by atoms with E-state index < -0.39 is 0 Å². The molecule has 1 aromatic rings.